The van der Waals surface area contributed by atoms with Crippen LogP contribution in [0.2, 0.25) is 0 Å². The zero-order valence-electron chi connectivity index (χ0n) is 17.1. The lowest BCUT2D eigenvalue weighted by Gasteiger charge is -2.16. The lowest BCUT2D eigenvalue weighted by Crippen LogP contribution is -2.14. The first-order chi connectivity index (χ1) is 13.8. The van der Waals surface area contributed by atoms with Crippen LogP contribution in [0.3, 0.4) is 0 Å². The normalized spacial score (nSPS) is 12.7. The van der Waals surface area contributed by atoms with Crippen molar-refractivity contribution in [3.05, 3.63) is 45.3 Å². The standard InChI is InChI=1S/C20H24Br2O6S2/c1-13(2)11-27-29(23,24)19-9-15(21)5-7-17(19)18-8-6-16(22)10-20(18)30(25,26)28-12-14(3)4/h5-10,13-14H,11-12H2,1-4H3. The molecule has 6 nitrogen and oxygen atoms in total. The second kappa shape index (κ2) is 10.2. The van der Waals surface area contributed by atoms with Gasteiger partial charge in [-0.05, 0) is 36.1 Å². The second-order valence-electron chi connectivity index (χ2n) is 7.55. The van der Waals surface area contributed by atoms with Crippen LogP contribution >= 0.6 is 31.9 Å². The van der Waals surface area contributed by atoms with Crippen LogP contribution in [-0.2, 0) is 28.6 Å². The Morgan fingerprint density at radius 1 is 0.700 bits per heavy atom. The topological polar surface area (TPSA) is 86.7 Å². The van der Waals surface area contributed by atoms with Gasteiger partial charge in [-0.15, -0.1) is 0 Å². The van der Waals surface area contributed by atoms with Gasteiger partial charge in [0.25, 0.3) is 20.2 Å². The van der Waals surface area contributed by atoms with Gasteiger partial charge in [0.05, 0.1) is 13.2 Å². The van der Waals surface area contributed by atoms with E-state index in [0.717, 1.165) is 0 Å². The number of rotatable bonds is 9. The molecule has 0 N–H and O–H groups in total. The Morgan fingerprint density at radius 3 is 1.33 bits per heavy atom. The molecule has 0 spiro atoms. The third kappa shape index (κ3) is 6.61. The fourth-order valence-electron chi connectivity index (χ4n) is 2.43. The Morgan fingerprint density at radius 2 is 1.03 bits per heavy atom. The summed E-state index contributed by atoms with van der Waals surface area (Å²) in [6.45, 7) is 7.37. The fourth-order valence-corrected chi connectivity index (χ4v) is 6.05. The minimum Gasteiger partial charge on any atom is -0.266 e. The Balaban J connectivity index is 2.69. The summed E-state index contributed by atoms with van der Waals surface area (Å²) in [6.07, 6.45) is 0. The maximum Gasteiger partial charge on any atom is 0.297 e. The van der Waals surface area contributed by atoms with Crippen molar-refractivity contribution in [3.63, 3.8) is 0 Å². The first-order valence-electron chi connectivity index (χ1n) is 9.22. The van der Waals surface area contributed by atoms with Crippen LogP contribution in [0, 0.1) is 11.8 Å². The first kappa shape index (κ1) is 25.5. The van der Waals surface area contributed by atoms with E-state index >= 15 is 0 Å². The molecular weight excluding hydrogens is 560 g/mol. The summed E-state index contributed by atoms with van der Waals surface area (Å²) in [5.41, 5.74) is 0.419. The maximum atomic E-state index is 12.9. The molecule has 0 saturated heterocycles. The van der Waals surface area contributed by atoms with Gasteiger partial charge in [-0.2, -0.15) is 16.8 Å². The quantitative estimate of drug-likeness (QED) is 0.357. The summed E-state index contributed by atoms with van der Waals surface area (Å²) in [6, 6.07) is 9.17. The van der Waals surface area contributed by atoms with Gasteiger partial charge in [0, 0.05) is 20.1 Å². The van der Waals surface area contributed by atoms with Crippen LogP contribution < -0.4 is 0 Å². The zero-order chi connectivity index (χ0) is 22.7. The molecule has 0 unspecified atom stereocenters. The SMILES string of the molecule is CC(C)COS(=O)(=O)c1cc(Br)ccc1-c1ccc(Br)cc1S(=O)(=O)OCC(C)C. The molecule has 0 aromatic heterocycles. The van der Waals surface area contributed by atoms with E-state index in [-0.39, 0.29) is 46.0 Å². The van der Waals surface area contributed by atoms with Crippen molar-refractivity contribution in [1.29, 1.82) is 0 Å². The van der Waals surface area contributed by atoms with E-state index in [2.05, 4.69) is 31.9 Å². The fraction of sp³-hybridized carbons (Fsp3) is 0.400. The van der Waals surface area contributed by atoms with E-state index in [0.29, 0.717) is 8.95 Å². The van der Waals surface area contributed by atoms with Crippen LogP contribution in [-0.4, -0.2) is 30.0 Å². The third-order valence-electron chi connectivity index (χ3n) is 3.83. The Kier molecular flexibility index (Phi) is 8.68. The zero-order valence-corrected chi connectivity index (χ0v) is 21.9. The lowest BCUT2D eigenvalue weighted by atomic mass is 10.1. The number of benzene rings is 2. The summed E-state index contributed by atoms with van der Waals surface area (Å²) in [7, 11) is -8.26. The summed E-state index contributed by atoms with van der Waals surface area (Å²) >= 11 is 6.56. The minimum absolute atomic E-state index is 0.00318. The van der Waals surface area contributed by atoms with Gasteiger partial charge in [0.2, 0.25) is 0 Å². The summed E-state index contributed by atoms with van der Waals surface area (Å²) in [5, 5.41) is 0. The van der Waals surface area contributed by atoms with E-state index in [1.807, 2.05) is 27.7 Å². The van der Waals surface area contributed by atoms with E-state index in [1.165, 1.54) is 12.1 Å². The number of hydrogen-bond donors (Lipinski definition) is 0. The van der Waals surface area contributed by atoms with Crippen molar-refractivity contribution in [1.82, 2.24) is 0 Å². The van der Waals surface area contributed by atoms with Crippen LogP contribution in [0.1, 0.15) is 27.7 Å². The molecule has 2 aromatic carbocycles. The third-order valence-corrected chi connectivity index (χ3v) is 7.46. The predicted octanol–water partition coefficient (Wildman–Crippen LogP) is 5.60. The molecule has 0 radical (unpaired) electrons. The first-order valence-corrected chi connectivity index (χ1v) is 13.6. The van der Waals surface area contributed by atoms with E-state index < -0.39 is 20.2 Å². The number of halogens is 2. The van der Waals surface area contributed by atoms with Gasteiger partial charge in [0.15, 0.2) is 0 Å². The molecule has 0 aliphatic rings. The molecule has 0 amide bonds. The highest BCUT2D eigenvalue weighted by atomic mass is 79.9. The number of hydrogen-bond acceptors (Lipinski definition) is 6. The Labute approximate surface area is 195 Å². The van der Waals surface area contributed by atoms with Gasteiger partial charge in [-0.1, -0.05) is 71.7 Å². The summed E-state index contributed by atoms with van der Waals surface area (Å²) < 4.78 is 63.0. The van der Waals surface area contributed by atoms with Crippen LogP contribution in [0.25, 0.3) is 11.1 Å². The minimum atomic E-state index is -4.13. The molecule has 0 aliphatic carbocycles. The molecule has 2 rings (SSSR count). The van der Waals surface area contributed by atoms with Crippen molar-refractivity contribution in [2.24, 2.45) is 11.8 Å². The van der Waals surface area contributed by atoms with Gasteiger partial charge >= 0.3 is 0 Å². The average molecular weight is 584 g/mol. The van der Waals surface area contributed by atoms with Crippen molar-refractivity contribution in [2.75, 3.05) is 13.2 Å². The molecule has 0 saturated carbocycles. The smallest absolute Gasteiger partial charge is 0.266 e. The molecule has 30 heavy (non-hydrogen) atoms. The molecule has 166 valence electrons. The van der Waals surface area contributed by atoms with Gasteiger partial charge in [0.1, 0.15) is 9.79 Å². The molecule has 0 bridgehead atoms. The van der Waals surface area contributed by atoms with E-state index in [4.69, 9.17) is 8.37 Å². The van der Waals surface area contributed by atoms with Gasteiger partial charge in [-0.3, -0.25) is 8.37 Å². The van der Waals surface area contributed by atoms with Gasteiger partial charge in [-0.25, -0.2) is 0 Å². The molecule has 0 atom stereocenters. The van der Waals surface area contributed by atoms with Gasteiger partial charge < -0.3 is 0 Å². The molecular formula is C20H24Br2O6S2. The largest absolute Gasteiger partial charge is 0.297 e. The Bertz CT molecular complexity index is 1020. The molecule has 0 aliphatic heterocycles. The molecule has 0 fully saturated rings. The lowest BCUT2D eigenvalue weighted by molar-refractivity contribution is 0.274. The van der Waals surface area contributed by atoms with Crippen molar-refractivity contribution in [2.45, 2.75) is 37.5 Å². The molecule has 10 heteroatoms. The van der Waals surface area contributed by atoms with Crippen LogP contribution in [0.4, 0.5) is 0 Å². The van der Waals surface area contributed by atoms with Crippen molar-refractivity contribution < 1.29 is 25.2 Å². The van der Waals surface area contributed by atoms with E-state index in [9.17, 15) is 16.8 Å². The van der Waals surface area contributed by atoms with Crippen LogP contribution in [0.15, 0.2) is 55.1 Å². The summed E-state index contributed by atoms with van der Waals surface area (Å²) in [4.78, 5) is -0.250. The highest BCUT2D eigenvalue weighted by molar-refractivity contribution is 9.10. The highest BCUT2D eigenvalue weighted by Gasteiger charge is 2.27. The van der Waals surface area contributed by atoms with Crippen molar-refractivity contribution in [3.8, 4) is 11.1 Å². The molecule has 2 aromatic rings. The van der Waals surface area contributed by atoms with Crippen molar-refractivity contribution >= 4 is 52.1 Å². The monoisotopic (exact) mass is 582 g/mol. The van der Waals surface area contributed by atoms with Crippen LogP contribution in [0.5, 0.6) is 0 Å². The summed E-state index contributed by atoms with van der Waals surface area (Å²) in [5.74, 6) is 0.00635. The van der Waals surface area contributed by atoms with E-state index in [1.54, 1.807) is 24.3 Å². The average Bonchev–Trinajstić information content (AvgIpc) is 2.65. The maximum absolute atomic E-state index is 12.9. The second-order valence-corrected chi connectivity index (χ2v) is 12.5. The predicted molar refractivity (Wildman–Crippen MR) is 123 cm³/mol. The Hall–Kier alpha value is -0.780. The highest BCUT2D eigenvalue weighted by Crippen LogP contribution is 2.37. The molecule has 0 heterocycles.